The van der Waals surface area contributed by atoms with Crippen LogP contribution in [-0.2, 0) is 4.79 Å². The first-order valence-corrected chi connectivity index (χ1v) is 6.63. The molecule has 2 atom stereocenters. The van der Waals surface area contributed by atoms with Crippen molar-refractivity contribution in [3.63, 3.8) is 0 Å². The highest BCUT2D eigenvalue weighted by Crippen LogP contribution is 2.15. The SMILES string of the molecule is CCNC(=O)C(C)NCC(C(N)=NO)c1ccccc1. The van der Waals surface area contributed by atoms with Gasteiger partial charge in [0.2, 0.25) is 5.91 Å². The number of carbonyl (C=O) groups is 1. The molecule has 6 heteroatoms. The van der Waals surface area contributed by atoms with E-state index < -0.39 is 0 Å². The molecule has 0 heterocycles. The molecule has 0 radical (unpaired) electrons. The number of nitrogens with two attached hydrogens (primary N) is 1. The Labute approximate surface area is 119 Å². The Hall–Kier alpha value is -2.08. The van der Waals surface area contributed by atoms with Crippen LogP contribution in [0.25, 0.3) is 0 Å². The van der Waals surface area contributed by atoms with Gasteiger partial charge in [-0.25, -0.2) is 0 Å². The summed E-state index contributed by atoms with van der Waals surface area (Å²) >= 11 is 0. The minimum Gasteiger partial charge on any atom is -0.409 e. The molecule has 0 bridgehead atoms. The molecule has 20 heavy (non-hydrogen) atoms. The van der Waals surface area contributed by atoms with Crippen LogP contribution < -0.4 is 16.4 Å². The van der Waals surface area contributed by atoms with Crippen LogP contribution in [0.5, 0.6) is 0 Å². The van der Waals surface area contributed by atoms with E-state index in [9.17, 15) is 4.79 Å². The van der Waals surface area contributed by atoms with Crippen LogP contribution in [0, 0.1) is 0 Å². The van der Waals surface area contributed by atoms with Crippen molar-refractivity contribution in [1.29, 1.82) is 0 Å². The highest BCUT2D eigenvalue weighted by Gasteiger charge is 2.19. The predicted octanol–water partition coefficient (Wildman–Crippen LogP) is 0.631. The van der Waals surface area contributed by atoms with Crippen LogP contribution in [0.15, 0.2) is 35.5 Å². The highest BCUT2D eigenvalue weighted by molar-refractivity contribution is 5.87. The van der Waals surface area contributed by atoms with E-state index in [1.807, 2.05) is 37.3 Å². The molecule has 0 aliphatic rings. The van der Waals surface area contributed by atoms with E-state index in [0.717, 1.165) is 5.56 Å². The molecule has 0 aliphatic heterocycles. The molecule has 110 valence electrons. The Morgan fingerprint density at radius 2 is 2.05 bits per heavy atom. The van der Waals surface area contributed by atoms with E-state index in [4.69, 9.17) is 10.9 Å². The first-order valence-electron chi connectivity index (χ1n) is 6.63. The number of likely N-dealkylation sites (N-methyl/N-ethyl adjacent to an activating group) is 1. The monoisotopic (exact) mass is 278 g/mol. The van der Waals surface area contributed by atoms with Crippen molar-refractivity contribution in [3.05, 3.63) is 35.9 Å². The van der Waals surface area contributed by atoms with E-state index >= 15 is 0 Å². The van der Waals surface area contributed by atoms with Gasteiger partial charge in [-0.2, -0.15) is 0 Å². The first-order chi connectivity index (χ1) is 9.60. The number of amidine groups is 1. The van der Waals surface area contributed by atoms with Crippen molar-refractivity contribution in [3.8, 4) is 0 Å². The summed E-state index contributed by atoms with van der Waals surface area (Å²) in [5.41, 5.74) is 6.66. The molecule has 6 nitrogen and oxygen atoms in total. The summed E-state index contributed by atoms with van der Waals surface area (Å²) in [6.07, 6.45) is 0. The lowest BCUT2D eigenvalue weighted by atomic mass is 9.97. The largest absolute Gasteiger partial charge is 0.409 e. The third kappa shape index (κ3) is 4.55. The maximum absolute atomic E-state index is 11.6. The van der Waals surface area contributed by atoms with Crippen molar-refractivity contribution in [2.45, 2.75) is 25.8 Å². The van der Waals surface area contributed by atoms with Gasteiger partial charge in [-0.15, -0.1) is 0 Å². The number of amides is 1. The second kappa shape index (κ2) is 8.16. The van der Waals surface area contributed by atoms with E-state index in [0.29, 0.717) is 13.1 Å². The summed E-state index contributed by atoms with van der Waals surface area (Å²) in [4.78, 5) is 11.6. The van der Waals surface area contributed by atoms with E-state index in [1.54, 1.807) is 6.92 Å². The van der Waals surface area contributed by atoms with Crippen LogP contribution in [0.2, 0.25) is 0 Å². The molecule has 1 amide bonds. The molecular formula is C14H22N4O2. The molecule has 0 aliphatic carbocycles. The Morgan fingerprint density at radius 1 is 1.40 bits per heavy atom. The number of hydrogen-bond donors (Lipinski definition) is 4. The average Bonchev–Trinajstić information content (AvgIpc) is 2.48. The molecule has 0 saturated heterocycles. The number of benzene rings is 1. The van der Waals surface area contributed by atoms with Crippen molar-refractivity contribution in [2.24, 2.45) is 10.9 Å². The number of nitrogens with zero attached hydrogens (tertiary/aromatic N) is 1. The standard InChI is InChI=1S/C14H22N4O2/c1-3-16-14(19)10(2)17-9-12(13(15)18-20)11-7-5-4-6-8-11/h4-8,10,12,17,20H,3,9H2,1-2H3,(H2,15,18)(H,16,19). The summed E-state index contributed by atoms with van der Waals surface area (Å²) in [5, 5.41) is 17.8. The minimum absolute atomic E-state index is 0.0705. The summed E-state index contributed by atoms with van der Waals surface area (Å²) < 4.78 is 0. The smallest absolute Gasteiger partial charge is 0.236 e. The van der Waals surface area contributed by atoms with Gasteiger partial charge < -0.3 is 21.6 Å². The molecule has 1 aromatic rings. The molecule has 1 aromatic carbocycles. The van der Waals surface area contributed by atoms with Crippen LogP contribution in [0.1, 0.15) is 25.3 Å². The van der Waals surface area contributed by atoms with Gasteiger partial charge in [0.1, 0.15) is 5.84 Å². The lowest BCUT2D eigenvalue weighted by Crippen LogP contribution is -2.44. The van der Waals surface area contributed by atoms with Gasteiger partial charge in [-0.3, -0.25) is 4.79 Å². The van der Waals surface area contributed by atoms with Gasteiger partial charge in [0.15, 0.2) is 0 Å². The predicted molar refractivity (Wildman–Crippen MR) is 78.7 cm³/mol. The van der Waals surface area contributed by atoms with Crippen molar-refractivity contribution < 1.29 is 10.0 Å². The second-order valence-corrected chi connectivity index (χ2v) is 4.51. The summed E-state index contributed by atoms with van der Waals surface area (Å²) in [7, 11) is 0. The molecular weight excluding hydrogens is 256 g/mol. The van der Waals surface area contributed by atoms with Gasteiger partial charge in [-0.1, -0.05) is 35.5 Å². The minimum atomic E-state index is -0.340. The van der Waals surface area contributed by atoms with Gasteiger partial charge >= 0.3 is 0 Å². The molecule has 0 aromatic heterocycles. The molecule has 0 spiro atoms. The number of hydrogen-bond acceptors (Lipinski definition) is 4. The first kappa shape index (κ1) is 16.0. The highest BCUT2D eigenvalue weighted by atomic mass is 16.4. The zero-order valence-corrected chi connectivity index (χ0v) is 11.8. The van der Waals surface area contributed by atoms with E-state index in [-0.39, 0.29) is 23.7 Å². The molecule has 1 rings (SSSR count). The third-order valence-corrected chi connectivity index (χ3v) is 3.05. The maximum Gasteiger partial charge on any atom is 0.236 e. The quantitative estimate of drug-likeness (QED) is 0.254. The van der Waals surface area contributed by atoms with Gasteiger partial charge in [0.05, 0.1) is 12.0 Å². The van der Waals surface area contributed by atoms with Crippen LogP contribution in [0.3, 0.4) is 0 Å². The average molecular weight is 278 g/mol. The molecule has 5 N–H and O–H groups in total. The van der Waals surface area contributed by atoms with Gasteiger partial charge in [0, 0.05) is 13.1 Å². The maximum atomic E-state index is 11.6. The zero-order valence-electron chi connectivity index (χ0n) is 11.8. The zero-order chi connectivity index (χ0) is 15.0. The number of nitrogens with one attached hydrogen (secondary N) is 2. The second-order valence-electron chi connectivity index (χ2n) is 4.51. The summed E-state index contributed by atoms with van der Waals surface area (Å²) in [6, 6.07) is 9.15. The lowest BCUT2D eigenvalue weighted by Gasteiger charge is -2.19. The number of oxime groups is 1. The molecule has 0 fully saturated rings. The normalized spacial score (nSPS) is 14.6. The number of rotatable bonds is 7. The van der Waals surface area contributed by atoms with E-state index in [1.165, 1.54) is 0 Å². The third-order valence-electron chi connectivity index (χ3n) is 3.05. The Balaban J connectivity index is 2.70. The lowest BCUT2D eigenvalue weighted by molar-refractivity contribution is -0.122. The fraction of sp³-hybridized carbons (Fsp3) is 0.429. The molecule has 2 unspecified atom stereocenters. The van der Waals surface area contributed by atoms with Crippen LogP contribution in [0.4, 0.5) is 0 Å². The topological polar surface area (TPSA) is 99.7 Å². The fourth-order valence-electron chi connectivity index (χ4n) is 1.86. The van der Waals surface area contributed by atoms with Crippen LogP contribution in [-0.4, -0.2) is 36.1 Å². The Morgan fingerprint density at radius 3 is 2.60 bits per heavy atom. The Bertz CT molecular complexity index is 448. The van der Waals surface area contributed by atoms with Crippen molar-refractivity contribution in [2.75, 3.05) is 13.1 Å². The van der Waals surface area contributed by atoms with Crippen molar-refractivity contribution >= 4 is 11.7 Å². The van der Waals surface area contributed by atoms with Gasteiger partial charge in [-0.05, 0) is 19.4 Å². The summed E-state index contributed by atoms with van der Waals surface area (Å²) in [6.45, 7) is 4.65. The summed E-state index contributed by atoms with van der Waals surface area (Å²) in [5.74, 6) is -0.233. The van der Waals surface area contributed by atoms with Crippen molar-refractivity contribution in [1.82, 2.24) is 10.6 Å². The fourth-order valence-corrected chi connectivity index (χ4v) is 1.86. The van der Waals surface area contributed by atoms with E-state index in [2.05, 4.69) is 15.8 Å². The number of carbonyl (C=O) groups excluding carboxylic acids is 1. The van der Waals surface area contributed by atoms with Crippen LogP contribution >= 0.6 is 0 Å². The molecule has 0 saturated carbocycles. The van der Waals surface area contributed by atoms with Gasteiger partial charge in [0.25, 0.3) is 0 Å². The Kier molecular flexibility index (Phi) is 6.52.